The van der Waals surface area contributed by atoms with Crippen molar-refractivity contribution >= 4 is 76.7 Å². The number of carbonyl (C=O) groups excluding carboxylic acids is 11. The highest BCUT2D eigenvalue weighted by molar-refractivity contribution is 7.99. The number of likely N-dealkylation sites (N-methyl/N-ethyl adjacent to an activating group) is 7. The number of nitrogens with two attached hydrogens (primary N) is 1. The fraction of sp³-hybridized carbons (Fsp3) is 0.803. The summed E-state index contributed by atoms with van der Waals surface area (Å²) in [4.78, 5) is 172. The third-order valence-electron chi connectivity index (χ3n) is 17.1. The Morgan fingerprint density at radius 3 is 1.20 bits per heavy atom. The quantitative estimate of drug-likeness (QED) is 0.0796. The van der Waals surface area contributed by atoms with E-state index < -0.39 is 161 Å². The molecule has 0 aromatic carbocycles. The van der Waals surface area contributed by atoms with Crippen LogP contribution in [0.1, 0.15) is 157 Å². The standard InChI is InChI=1S/C66H120N12O12S/c1-26-27-28-43(16)55(79)54-59(83)71-52(41(12)13)65(89)76(23)50(35-91-30-29-67)63(87)72(19)47(32-37(4)5)58(82)70-51(40(10)11)64(88)73(20)46(31-36(2)3)57(81)68-44(17)56(80)69-45(18)60(84)74(21)48(33-38(6)7)61(85)75(22)49(34-39(8)9)62(86)77(24)53(42(14)15)66(90)78(54)25/h26-27,36-55,79H,28-35,67H2,1-25H3,(H,68,81)(H,69,80)(H,70,82)(H,71,83)/b27-26+/t43-,44-,45+,46?,47+,48-,49-,50-,51-,52-,53-,54-,55-/m1/s1. The van der Waals surface area contributed by atoms with Crippen molar-refractivity contribution in [2.75, 3.05) is 67.4 Å². The summed E-state index contributed by atoms with van der Waals surface area (Å²) in [6.45, 7) is 31.9. The molecule has 25 heteroatoms. The molecule has 0 aromatic rings. The molecule has 0 radical (unpaired) electrons. The molecular formula is C66H120N12O12S. The number of nitrogens with zero attached hydrogens (tertiary/aromatic N) is 7. The number of nitrogens with one attached hydrogen (secondary N) is 4. The van der Waals surface area contributed by atoms with Crippen molar-refractivity contribution in [3.8, 4) is 0 Å². The summed E-state index contributed by atoms with van der Waals surface area (Å²) in [5, 5.41) is 23.5. The number of aliphatic hydroxyl groups excluding tert-OH is 1. The molecule has 1 saturated heterocycles. The molecule has 1 fully saturated rings. The van der Waals surface area contributed by atoms with E-state index in [4.69, 9.17) is 5.73 Å². The molecule has 24 nitrogen and oxygen atoms in total. The van der Waals surface area contributed by atoms with Crippen molar-refractivity contribution in [3.63, 3.8) is 0 Å². The average Bonchev–Trinajstić information content (AvgIpc) is 0.969. The summed E-state index contributed by atoms with van der Waals surface area (Å²) in [6, 6.07) is -13.9. The topological polar surface area (TPSA) is 305 Å². The van der Waals surface area contributed by atoms with Gasteiger partial charge in [-0.2, -0.15) is 11.8 Å². The zero-order valence-electron chi connectivity index (χ0n) is 59.9. The summed E-state index contributed by atoms with van der Waals surface area (Å²) in [7, 11) is 10.0. The van der Waals surface area contributed by atoms with Crippen LogP contribution in [0.25, 0.3) is 0 Å². The minimum Gasteiger partial charge on any atom is -0.390 e. The number of amides is 11. The number of thioether (sulfide) groups is 1. The second-order valence-corrected chi connectivity index (χ2v) is 29.1. The van der Waals surface area contributed by atoms with E-state index in [0.29, 0.717) is 12.2 Å². The zero-order valence-corrected chi connectivity index (χ0v) is 60.7. The van der Waals surface area contributed by atoms with Gasteiger partial charge in [-0.15, -0.1) is 0 Å². The number of hydrogen-bond donors (Lipinski definition) is 6. The van der Waals surface area contributed by atoms with Gasteiger partial charge < -0.3 is 66.4 Å². The van der Waals surface area contributed by atoms with Crippen LogP contribution in [-0.2, 0) is 52.7 Å². The predicted octanol–water partition coefficient (Wildman–Crippen LogP) is 3.58. The van der Waals surface area contributed by atoms with Gasteiger partial charge in [0.05, 0.1) is 6.10 Å². The maximum Gasteiger partial charge on any atom is 0.246 e. The van der Waals surface area contributed by atoms with Gasteiger partial charge in [-0.3, -0.25) is 52.7 Å². The summed E-state index contributed by atoms with van der Waals surface area (Å²) < 4.78 is 0. The van der Waals surface area contributed by atoms with Gasteiger partial charge in [-0.25, -0.2) is 0 Å². The van der Waals surface area contributed by atoms with Crippen LogP contribution in [-0.4, -0.2) is 244 Å². The third kappa shape index (κ3) is 23.6. The van der Waals surface area contributed by atoms with Crippen molar-refractivity contribution in [3.05, 3.63) is 12.2 Å². The van der Waals surface area contributed by atoms with Crippen LogP contribution in [0.5, 0.6) is 0 Å². The number of carbonyl (C=O) groups is 11. The zero-order chi connectivity index (χ0) is 70.5. The van der Waals surface area contributed by atoms with E-state index in [1.165, 1.54) is 104 Å². The first kappa shape index (κ1) is 83.2. The van der Waals surface area contributed by atoms with Gasteiger partial charge in [0.25, 0.3) is 0 Å². The Kier molecular flexibility index (Phi) is 35.1. The summed E-state index contributed by atoms with van der Waals surface area (Å²) in [5.41, 5.74) is 5.93. The van der Waals surface area contributed by atoms with Crippen LogP contribution >= 0.6 is 11.8 Å². The van der Waals surface area contributed by atoms with Crippen molar-refractivity contribution in [1.29, 1.82) is 0 Å². The lowest BCUT2D eigenvalue weighted by atomic mass is 9.91. The Balaban J connectivity index is 4.55. The Labute approximate surface area is 549 Å². The lowest BCUT2D eigenvalue weighted by Crippen LogP contribution is -2.64. The Bertz CT molecular complexity index is 2480. The third-order valence-corrected chi connectivity index (χ3v) is 18.2. The minimum atomic E-state index is -1.65. The minimum absolute atomic E-state index is 0.0213. The van der Waals surface area contributed by atoms with Gasteiger partial charge in [0.2, 0.25) is 65.0 Å². The maximum absolute atomic E-state index is 15.4. The van der Waals surface area contributed by atoms with Crippen molar-refractivity contribution in [2.45, 2.75) is 229 Å². The Morgan fingerprint density at radius 2 is 0.780 bits per heavy atom. The van der Waals surface area contributed by atoms with Crippen LogP contribution in [0.2, 0.25) is 0 Å². The van der Waals surface area contributed by atoms with Gasteiger partial charge in [-0.05, 0) is 100 Å². The SMILES string of the molecule is C/C=C/C[C@@H](C)[C@@H](O)[C@@H]1C(=O)N[C@H](C(C)C)C(=O)N(C)[C@H](CSCCN)C(=O)N(C)[C@@H](CC(C)C)C(=O)N[C@H](C(C)C)C(=O)N(C)C(CC(C)C)C(=O)N[C@H](C)C(=O)N[C@@H](C)C(=O)N(C)[C@H](CC(C)C)C(=O)N(C)[C@H](CC(C)C)C(=O)N(C)[C@H](C(C)C)C(=O)N1C. The Morgan fingerprint density at radius 1 is 0.429 bits per heavy atom. The molecule has 0 spiro atoms. The fourth-order valence-electron chi connectivity index (χ4n) is 11.4. The van der Waals surface area contributed by atoms with Gasteiger partial charge >= 0.3 is 0 Å². The van der Waals surface area contributed by atoms with Crippen molar-refractivity contribution < 1.29 is 57.8 Å². The highest BCUT2D eigenvalue weighted by Crippen LogP contribution is 2.27. The van der Waals surface area contributed by atoms with Gasteiger partial charge in [0.15, 0.2) is 0 Å². The molecule has 0 aromatic heterocycles. The van der Waals surface area contributed by atoms with Crippen molar-refractivity contribution in [1.82, 2.24) is 55.6 Å². The number of aliphatic hydroxyl groups is 1. The predicted molar refractivity (Wildman–Crippen MR) is 358 cm³/mol. The first-order chi connectivity index (χ1) is 42.0. The van der Waals surface area contributed by atoms with E-state index in [0.717, 1.165) is 4.90 Å². The molecule has 1 heterocycles. The molecule has 91 heavy (non-hydrogen) atoms. The largest absolute Gasteiger partial charge is 0.390 e. The Hall–Kier alpha value is -5.82. The number of allylic oxidation sites excluding steroid dienone is 2. The molecule has 7 N–H and O–H groups in total. The van der Waals surface area contributed by atoms with E-state index in [1.54, 1.807) is 61.5 Å². The average molecular weight is 1310 g/mol. The van der Waals surface area contributed by atoms with E-state index in [2.05, 4.69) is 21.3 Å². The summed E-state index contributed by atoms with van der Waals surface area (Å²) in [6.07, 6.45) is 2.93. The van der Waals surface area contributed by atoms with E-state index in [-0.39, 0.29) is 61.7 Å². The smallest absolute Gasteiger partial charge is 0.246 e. The first-order valence-electron chi connectivity index (χ1n) is 32.7. The second-order valence-electron chi connectivity index (χ2n) is 27.9. The normalized spacial score (nSPS) is 26.8. The summed E-state index contributed by atoms with van der Waals surface area (Å²) in [5.74, 6) is -10.1. The van der Waals surface area contributed by atoms with E-state index in [9.17, 15) is 29.1 Å². The monoisotopic (exact) mass is 1300 g/mol. The lowest BCUT2D eigenvalue weighted by molar-refractivity contribution is -0.157. The molecular weight excluding hydrogens is 1180 g/mol. The molecule has 0 aliphatic carbocycles. The molecule has 1 aliphatic heterocycles. The van der Waals surface area contributed by atoms with Crippen LogP contribution < -0.4 is 27.0 Å². The molecule has 13 atom stereocenters. The van der Waals surface area contributed by atoms with Crippen LogP contribution in [0.15, 0.2) is 12.2 Å². The molecule has 522 valence electrons. The number of rotatable bonds is 19. The lowest BCUT2D eigenvalue weighted by Gasteiger charge is -2.42. The van der Waals surface area contributed by atoms with E-state index >= 15 is 28.8 Å². The van der Waals surface area contributed by atoms with E-state index in [1.807, 2.05) is 61.5 Å². The molecule has 11 amide bonds. The molecule has 0 bridgehead atoms. The first-order valence-corrected chi connectivity index (χ1v) is 33.9. The highest BCUT2D eigenvalue weighted by atomic mass is 32.2. The summed E-state index contributed by atoms with van der Waals surface area (Å²) >= 11 is 1.30. The van der Waals surface area contributed by atoms with Gasteiger partial charge in [0, 0.05) is 67.4 Å². The fourth-order valence-corrected chi connectivity index (χ4v) is 12.3. The van der Waals surface area contributed by atoms with Crippen molar-refractivity contribution in [2.24, 2.45) is 53.1 Å². The highest BCUT2D eigenvalue weighted by Gasteiger charge is 2.47. The van der Waals surface area contributed by atoms with Gasteiger partial charge in [-0.1, -0.05) is 116 Å². The van der Waals surface area contributed by atoms with Crippen LogP contribution in [0, 0.1) is 47.3 Å². The van der Waals surface area contributed by atoms with Gasteiger partial charge in [0.1, 0.15) is 66.5 Å². The molecule has 1 aliphatic rings. The maximum atomic E-state index is 15.4. The van der Waals surface area contributed by atoms with Crippen LogP contribution in [0.4, 0.5) is 0 Å². The van der Waals surface area contributed by atoms with Crippen LogP contribution in [0.3, 0.4) is 0 Å². The number of hydrogen-bond acceptors (Lipinski definition) is 14. The molecule has 1 rings (SSSR count). The molecule has 0 saturated carbocycles. The molecule has 1 unspecified atom stereocenters. The second kappa shape index (κ2) is 38.4.